The topological polar surface area (TPSA) is 65.9 Å². The first kappa shape index (κ1) is 23.9. The van der Waals surface area contributed by atoms with Crippen LogP contribution in [0.3, 0.4) is 0 Å². The third-order valence-corrected chi connectivity index (χ3v) is 4.61. The van der Waals surface area contributed by atoms with Crippen LogP contribution in [0.2, 0.25) is 4.34 Å². The van der Waals surface area contributed by atoms with Crippen molar-refractivity contribution in [1.29, 1.82) is 0 Å². The molecule has 1 atom stereocenters. The quantitative estimate of drug-likeness (QED) is 0.268. The molecule has 0 amide bonds. The highest BCUT2D eigenvalue weighted by atomic mass is 127. The van der Waals surface area contributed by atoms with Crippen LogP contribution in [0.5, 0.6) is 5.75 Å². The summed E-state index contributed by atoms with van der Waals surface area (Å²) in [6, 6.07) is 9.89. The lowest BCUT2D eigenvalue weighted by atomic mass is 10.2. The number of benzene rings is 1. The van der Waals surface area contributed by atoms with E-state index < -0.39 is 12.7 Å². The van der Waals surface area contributed by atoms with Gasteiger partial charge in [0.1, 0.15) is 11.9 Å². The molecule has 0 radical (unpaired) electrons. The number of alkyl halides is 2. The molecule has 0 bridgehead atoms. The molecule has 27 heavy (non-hydrogen) atoms. The molecular formula is C17H21ClF2IN3O2S. The summed E-state index contributed by atoms with van der Waals surface area (Å²) >= 11 is 7.19. The maximum Gasteiger partial charge on any atom is 0.387 e. The predicted molar refractivity (Wildman–Crippen MR) is 116 cm³/mol. The Hall–Kier alpha value is -1.17. The zero-order valence-electron chi connectivity index (χ0n) is 14.5. The highest BCUT2D eigenvalue weighted by Crippen LogP contribution is 2.26. The van der Waals surface area contributed by atoms with E-state index in [4.69, 9.17) is 11.6 Å². The molecule has 0 fully saturated rings. The number of aliphatic hydroxyl groups is 1. The Morgan fingerprint density at radius 3 is 2.70 bits per heavy atom. The normalized spacial score (nSPS) is 12.4. The van der Waals surface area contributed by atoms with Crippen molar-refractivity contribution in [2.24, 2.45) is 4.99 Å². The zero-order valence-corrected chi connectivity index (χ0v) is 18.4. The van der Waals surface area contributed by atoms with Gasteiger partial charge in [0.15, 0.2) is 5.96 Å². The summed E-state index contributed by atoms with van der Waals surface area (Å²) in [6.07, 6.45) is -0.709. The van der Waals surface area contributed by atoms with Crippen molar-refractivity contribution in [2.75, 3.05) is 13.1 Å². The van der Waals surface area contributed by atoms with Crippen LogP contribution in [0.15, 0.2) is 41.4 Å². The molecule has 1 unspecified atom stereocenters. The maximum absolute atomic E-state index is 12.3. The summed E-state index contributed by atoms with van der Waals surface area (Å²) in [7, 11) is 0. The van der Waals surface area contributed by atoms with Crippen molar-refractivity contribution in [2.45, 2.75) is 26.2 Å². The smallest absolute Gasteiger partial charge is 0.387 e. The fraction of sp³-hybridized carbons (Fsp3) is 0.353. The highest BCUT2D eigenvalue weighted by molar-refractivity contribution is 14.0. The second-order valence-corrected chi connectivity index (χ2v) is 7.01. The van der Waals surface area contributed by atoms with Crippen LogP contribution in [-0.2, 0) is 6.54 Å². The molecule has 5 nitrogen and oxygen atoms in total. The van der Waals surface area contributed by atoms with E-state index in [1.165, 1.54) is 23.5 Å². The second-order valence-electron chi connectivity index (χ2n) is 5.26. The molecule has 1 aromatic carbocycles. The van der Waals surface area contributed by atoms with Gasteiger partial charge in [-0.25, -0.2) is 4.99 Å². The van der Waals surface area contributed by atoms with Crippen LogP contribution in [0, 0.1) is 0 Å². The molecule has 0 saturated carbocycles. The number of aliphatic hydroxyl groups excluding tert-OH is 1. The first-order chi connectivity index (χ1) is 12.5. The van der Waals surface area contributed by atoms with Gasteiger partial charge in [0.2, 0.25) is 0 Å². The Kier molecular flexibility index (Phi) is 10.9. The highest BCUT2D eigenvalue weighted by Gasteiger charge is 2.11. The predicted octanol–water partition coefficient (Wildman–Crippen LogP) is 4.41. The lowest BCUT2D eigenvalue weighted by molar-refractivity contribution is -0.0498. The van der Waals surface area contributed by atoms with Crippen LogP contribution in [0.1, 0.15) is 23.5 Å². The van der Waals surface area contributed by atoms with Crippen molar-refractivity contribution in [3.63, 3.8) is 0 Å². The van der Waals surface area contributed by atoms with Gasteiger partial charge in [-0.1, -0.05) is 23.7 Å². The van der Waals surface area contributed by atoms with Crippen LogP contribution in [0.4, 0.5) is 8.78 Å². The number of halogens is 4. The number of nitrogens with zero attached hydrogens (tertiary/aromatic N) is 1. The van der Waals surface area contributed by atoms with Crippen molar-refractivity contribution in [1.82, 2.24) is 10.6 Å². The minimum atomic E-state index is -2.86. The SMILES string of the molecule is CCNC(=NCc1cccc(OC(F)F)c1)NCC(O)c1ccc(Cl)s1.I. The molecule has 0 spiro atoms. The summed E-state index contributed by atoms with van der Waals surface area (Å²) in [5.41, 5.74) is 0.728. The van der Waals surface area contributed by atoms with Gasteiger partial charge in [0.25, 0.3) is 0 Å². The Labute approximate surface area is 182 Å². The van der Waals surface area contributed by atoms with E-state index in [0.29, 0.717) is 16.8 Å². The summed E-state index contributed by atoms with van der Waals surface area (Å²) in [5, 5.41) is 16.3. The molecule has 0 aliphatic rings. The van der Waals surface area contributed by atoms with E-state index in [9.17, 15) is 13.9 Å². The van der Waals surface area contributed by atoms with Crippen LogP contribution >= 0.6 is 46.9 Å². The standard InChI is InChI=1S/C17H20ClF2N3O2S.HI/c1-2-21-17(23-10-13(24)14-6-7-15(18)26-14)22-9-11-4-3-5-12(8-11)25-16(19)20;/h3-8,13,16,24H,2,9-10H2,1H3,(H2,21,22,23);1H. The van der Waals surface area contributed by atoms with Gasteiger partial charge in [0, 0.05) is 18.0 Å². The Morgan fingerprint density at radius 1 is 1.30 bits per heavy atom. The van der Waals surface area contributed by atoms with Crippen molar-refractivity contribution in [3.05, 3.63) is 51.2 Å². The van der Waals surface area contributed by atoms with E-state index >= 15 is 0 Å². The molecule has 0 saturated heterocycles. The van der Waals surface area contributed by atoms with Crippen LogP contribution in [0.25, 0.3) is 0 Å². The Morgan fingerprint density at radius 2 is 2.07 bits per heavy atom. The van der Waals surface area contributed by atoms with E-state index in [-0.39, 0.29) is 42.8 Å². The number of aliphatic imine (C=N–C) groups is 1. The summed E-state index contributed by atoms with van der Waals surface area (Å²) in [5.74, 6) is 0.602. The third-order valence-electron chi connectivity index (χ3n) is 3.27. The molecule has 1 heterocycles. The first-order valence-corrected chi connectivity index (χ1v) is 9.16. The molecule has 2 rings (SSSR count). The van der Waals surface area contributed by atoms with Gasteiger partial charge >= 0.3 is 6.61 Å². The van der Waals surface area contributed by atoms with Gasteiger partial charge in [0.05, 0.1) is 10.9 Å². The van der Waals surface area contributed by atoms with Gasteiger partial charge in [-0.15, -0.1) is 35.3 Å². The third kappa shape index (κ3) is 8.58. The first-order valence-electron chi connectivity index (χ1n) is 7.97. The van der Waals surface area contributed by atoms with Gasteiger partial charge < -0.3 is 20.5 Å². The average Bonchev–Trinajstić information content (AvgIpc) is 3.03. The van der Waals surface area contributed by atoms with Crippen molar-refractivity contribution >= 4 is 52.9 Å². The van der Waals surface area contributed by atoms with Crippen molar-refractivity contribution < 1.29 is 18.6 Å². The largest absolute Gasteiger partial charge is 0.435 e. The monoisotopic (exact) mass is 531 g/mol. The number of hydrogen-bond acceptors (Lipinski definition) is 4. The lowest BCUT2D eigenvalue weighted by Gasteiger charge is -2.14. The molecule has 2 aromatic rings. The van der Waals surface area contributed by atoms with Crippen molar-refractivity contribution in [3.8, 4) is 5.75 Å². The van der Waals surface area contributed by atoms with E-state index in [0.717, 1.165) is 10.4 Å². The summed E-state index contributed by atoms with van der Waals surface area (Å²) in [4.78, 5) is 5.15. The van der Waals surface area contributed by atoms with Gasteiger partial charge in [-0.2, -0.15) is 8.78 Å². The number of nitrogens with one attached hydrogen (secondary N) is 2. The molecule has 10 heteroatoms. The molecule has 3 N–H and O–H groups in total. The number of guanidine groups is 1. The zero-order chi connectivity index (χ0) is 18.9. The van der Waals surface area contributed by atoms with Gasteiger partial charge in [-0.3, -0.25) is 0 Å². The Bertz CT molecular complexity index is 734. The van der Waals surface area contributed by atoms with Gasteiger partial charge in [-0.05, 0) is 36.8 Å². The number of thiophene rings is 1. The lowest BCUT2D eigenvalue weighted by Crippen LogP contribution is -2.39. The molecular weight excluding hydrogens is 511 g/mol. The number of ether oxygens (including phenoxy) is 1. The number of rotatable bonds is 8. The van der Waals surface area contributed by atoms with E-state index in [1.807, 2.05) is 6.92 Å². The summed E-state index contributed by atoms with van der Waals surface area (Å²) < 4.78 is 29.6. The maximum atomic E-state index is 12.3. The fourth-order valence-corrected chi connectivity index (χ4v) is 3.18. The molecule has 0 aliphatic heterocycles. The summed E-state index contributed by atoms with van der Waals surface area (Å²) in [6.45, 7) is 0.235. The average molecular weight is 532 g/mol. The Balaban J connectivity index is 0.00000364. The second kappa shape index (κ2) is 12.3. The number of hydrogen-bond donors (Lipinski definition) is 3. The molecule has 0 aliphatic carbocycles. The molecule has 150 valence electrons. The fourth-order valence-electron chi connectivity index (χ4n) is 2.13. The minimum Gasteiger partial charge on any atom is -0.435 e. The van der Waals surface area contributed by atoms with Crippen LogP contribution in [-0.4, -0.2) is 30.8 Å². The van der Waals surface area contributed by atoms with E-state index in [2.05, 4.69) is 20.4 Å². The molecule has 1 aromatic heterocycles. The minimum absolute atomic E-state index is 0. The van der Waals surface area contributed by atoms with E-state index in [1.54, 1.807) is 24.3 Å². The van der Waals surface area contributed by atoms with Crippen LogP contribution < -0.4 is 15.4 Å².